The van der Waals surface area contributed by atoms with E-state index in [0.29, 0.717) is 0 Å². The second kappa shape index (κ2) is 4.70. The lowest BCUT2D eigenvalue weighted by atomic mass is 10.1. The monoisotopic (exact) mass is 316 g/mol. The van der Waals surface area contributed by atoms with Crippen LogP contribution in [0.3, 0.4) is 0 Å². The zero-order valence-electron chi connectivity index (χ0n) is 8.84. The Balaban J connectivity index is 3.53. The van der Waals surface area contributed by atoms with E-state index >= 15 is 0 Å². The van der Waals surface area contributed by atoms with Crippen LogP contribution in [0.2, 0.25) is 0 Å². The minimum Gasteiger partial charge on any atom is -0.405 e. The molecule has 0 fully saturated rings. The highest BCUT2D eigenvalue weighted by Gasteiger charge is 2.44. The second-order valence-electron chi connectivity index (χ2n) is 3.37. The molecule has 0 heterocycles. The Kier molecular flexibility index (Phi) is 3.85. The molecule has 1 aromatic rings. The van der Waals surface area contributed by atoms with Gasteiger partial charge in [0, 0.05) is 0 Å². The number of hydrogen-bond donors (Lipinski definition) is 0. The van der Waals surface area contributed by atoms with Gasteiger partial charge in [0.1, 0.15) is 17.1 Å². The maximum absolute atomic E-state index is 13.0. The van der Waals surface area contributed by atoms with Crippen molar-refractivity contribution in [2.45, 2.75) is 18.7 Å². The Morgan fingerprint density at radius 1 is 0.750 bits per heavy atom. The molecular weight excluding hydrogens is 314 g/mol. The molecule has 1 aromatic carbocycles. The van der Waals surface area contributed by atoms with Gasteiger partial charge in [0.25, 0.3) is 0 Å². The van der Waals surface area contributed by atoms with E-state index in [1.54, 1.807) is 0 Å². The highest BCUT2D eigenvalue weighted by molar-refractivity contribution is 5.42. The molecule has 0 bridgehead atoms. The molecule has 0 aliphatic carbocycles. The molecule has 0 spiro atoms. The van der Waals surface area contributed by atoms with E-state index in [-0.39, 0.29) is 0 Å². The first-order chi connectivity index (χ1) is 8.72. The topological polar surface area (TPSA) is 9.23 Å². The predicted molar refractivity (Wildman–Crippen MR) is 43.1 cm³/mol. The average molecular weight is 316 g/mol. The number of hydrogen-bond acceptors (Lipinski definition) is 1. The lowest BCUT2D eigenvalue weighted by Gasteiger charge is -2.18. The minimum absolute atomic E-state index is 0.563. The Bertz CT molecular complexity index is 495. The van der Waals surface area contributed by atoms with Crippen LogP contribution in [0.15, 0.2) is 12.1 Å². The van der Waals surface area contributed by atoms with Crippen LogP contribution in [-0.4, -0.2) is 6.36 Å². The third kappa shape index (κ3) is 3.90. The summed E-state index contributed by atoms with van der Waals surface area (Å²) in [5.41, 5.74) is -4.61. The predicted octanol–water partition coefficient (Wildman–Crippen LogP) is 4.76. The summed E-state index contributed by atoms with van der Waals surface area (Å²) >= 11 is 0. The van der Waals surface area contributed by atoms with Crippen molar-refractivity contribution >= 4 is 0 Å². The van der Waals surface area contributed by atoms with E-state index in [9.17, 15) is 43.9 Å². The van der Waals surface area contributed by atoms with Crippen molar-refractivity contribution < 1.29 is 48.6 Å². The number of ether oxygens (including phenoxy) is 1. The Hall–Kier alpha value is -1.68. The maximum Gasteiger partial charge on any atom is 0.573 e. The fourth-order valence-electron chi connectivity index (χ4n) is 1.23. The summed E-state index contributed by atoms with van der Waals surface area (Å²) in [6, 6.07) is -1.13. The lowest BCUT2D eigenvalue weighted by Crippen LogP contribution is -2.22. The molecule has 0 aliphatic rings. The highest BCUT2D eigenvalue weighted by Crippen LogP contribution is 2.43. The molecule has 20 heavy (non-hydrogen) atoms. The SMILES string of the molecule is Fc1cc(C(F)(F)F)cc(OC(F)(F)F)c1C(F)(F)F. The molecule has 1 nitrogen and oxygen atoms in total. The molecule has 0 aliphatic heterocycles. The molecule has 0 radical (unpaired) electrons. The van der Waals surface area contributed by atoms with Gasteiger partial charge in [-0.1, -0.05) is 0 Å². The maximum atomic E-state index is 13.0. The number of alkyl halides is 9. The molecule has 0 amide bonds. The summed E-state index contributed by atoms with van der Waals surface area (Å²) in [6.45, 7) is 0. The Morgan fingerprint density at radius 2 is 1.25 bits per heavy atom. The van der Waals surface area contributed by atoms with Gasteiger partial charge in [-0.2, -0.15) is 26.3 Å². The molecule has 0 unspecified atom stereocenters. The molecular formula is C9H2F10O. The summed E-state index contributed by atoms with van der Waals surface area (Å²) in [5.74, 6) is -4.83. The van der Waals surface area contributed by atoms with Crippen molar-refractivity contribution in [2.75, 3.05) is 0 Å². The van der Waals surface area contributed by atoms with Crippen molar-refractivity contribution in [3.8, 4) is 5.75 Å². The molecule has 0 aromatic heterocycles. The molecule has 0 saturated heterocycles. The van der Waals surface area contributed by atoms with Gasteiger partial charge in [0.15, 0.2) is 0 Å². The van der Waals surface area contributed by atoms with Crippen molar-refractivity contribution in [1.29, 1.82) is 0 Å². The largest absolute Gasteiger partial charge is 0.573 e. The third-order valence-corrected chi connectivity index (χ3v) is 1.89. The number of halogens is 10. The third-order valence-electron chi connectivity index (χ3n) is 1.89. The molecule has 11 heteroatoms. The first-order valence-corrected chi connectivity index (χ1v) is 4.45. The molecule has 0 N–H and O–H groups in total. The Morgan fingerprint density at radius 3 is 1.60 bits per heavy atom. The van der Waals surface area contributed by atoms with Gasteiger partial charge in [0.05, 0.1) is 5.56 Å². The quantitative estimate of drug-likeness (QED) is 0.679. The smallest absolute Gasteiger partial charge is 0.405 e. The summed E-state index contributed by atoms with van der Waals surface area (Å²) in [6.07, 6.45) is -16.7. The van der Waals surface area contributed by atoms with E-state index in [1.165, 1.54) is 0 Å². The fourth-order valence-corrected chi connectivity index (χ4v) is 1.23. The molecule has 1 rings (SSSR count). The van der Waals surface area contributed by atoms with Gasteiger partial charge in [-0.3, -0.25) is 0 Å². The van der Waals surface area contributed by atoms with E-state index < -0.39 is 53.5 Å². The summed E-state index contributed by atoms with van der Waals surface area (Å²) < 4.78 is 125. The normalized spacial score (nSPS) is 13.5. The van der Waals surface area contributed by atoms with Gasteiger partial charge >= 0.3 is 18.7 Å². The van der Waals surface area contributed by atoms with Crippen LogP contribution in [0.5, 0.6) is 5.75 Å². The van der Waals surface area contributed by atoms with Gasteiger partial charge < -0.3 is 4.74 Å². The lowest BCUT2D eigenvalue weighted by molar-refractivity contribution is -0.276. The summed E-state index contributed by atoms with van der Waals surface area (Å²) in [4.78, 5) is 0. The first kappa shape index (κ1) is 16.4. The van der Waals surface area contributed by atoms with Crippen LogP contribution < -0.4 is 4.74 Å². The summed E-state index contributed by atoms with van der Waals surface area (Å²) in [7, 11) is 0. The zero-order chi connectivity index (χ0) is 15.9. The van der Waals surface area contributed by atoms with Crippen molar-refractivity contribution in [2.24, 2.45) is 0 Å². The van der Waals surface area contributed by atoms with E-state index in [1.807, 2.05) is 0 Å². The van der Waals surface area contributed by atoms with Crippen LogP contribution in [0, 0.1) is 5.82 Å². The van der Waals surface area contributed by atoms with Gasteiger partial charge in [0.2, 0.25) is 0 Å². The minimum atomic E-state index is -5.71. The van der Waals surface area contributed by atoms with Gasteiger partial charge in [-0.25, -0.2) is 4.39 Å². The molecule has 114 valence electrons. The molecule has 0 atom stereocenters. The zero-order valence-corrected chi connectivity index (χ0v) is 8.84. The number of benzene rings is 1. The van der Waals surface area contributed by atoms with E-state index in [2.05, 4.69) is 4.74 Å². The van der Waals surface area contributed by atoms with Crippen molar-refractivity contribution in [3.63, 3.8) is 0 Å². The Labute approximate surface area is 103 Å². The van der Waals surface area contributed by atoms with Gasteiger partial charge in [-0.15, -0.1) is 13.2 Å². The van der Waals surface area contributed by atoms with Crippen molar-refractivity contribution in [3.05, 3.63) is 29.1 Å². The first-order valence-electron chi connectivity index (χ1n) is 4.45. The molecule has 0 saturated carbocycles. The van der Waals surface area contributed by atoms with Gasteiger partial charge in [-0.05, 0) is 12.1 Å². The highest BCUT2D eigenvalue weighted by atomic mass is 19.4. The second-order valence-corrected chi connectivity index (χ2v) is 3.37. The van der Waals surface area contributed by atoms with Crippen LogP contribution >= 0.6 is 0 Å². The van der Waals surface area contributed by atoms with Crippen LogP contribution in [0.25, 0.3) is 0 Å². The summed E-state index contributed by atoms with van der Waals surface area (Å²) in [5, 5.41) is 0. The number of rotatable bonds is 1. The standard InChI is InChI=1S/C9H2F10O/c10-4-1-3(7(11,12)13)2-5(20-9(17,18)19)6(4)8(14,15)16/h1-2H. The van der Waals surface area contributed by atoms with Crippen molar-refractivity contribution in [1.82, 2.24) is 0 Å². The van der Waals surface area contributed by atoms with E-state index in [4.69, 9.17) is 0 Å². The van der Waals surface area contributed by atoms with Crippen LogP contribution in [0.4, 0.5) is 43.9 Å². The fraction of sp³-hybridized carbons (Fsp3) is 0.333. The van der Waals surface area contributed by atoms with Crippen LogP contribution in [0.1, 0.15) is 11.1 Å². The van der Waals surface area contributed by atoms with E-state index in [0.717, 1.165) is 0 Å². The van der Waals surface area contributed by atoms with Crippen LogP contribution in [-0.2, 0) is 12.4 Å². The average Bonchev–Trinajstić information content (AvgIpc) is 2.09.